The van der Waals surface area contributed by atoms with Crippen LogP contribution in [0.5, 0.6) is 5.75 Å². The molecule has 1 N–H and O–H groups in total. The first-order chi connectivity index (χ1) is 14.6. The number of hydrogen-bond acceptors (Lipinski definition) is 6. The molecule has 1 saturated heterocycles. The summed E-state index contributed by atoms with van der Waals surface area (Å²) < 4.78 is 6.67. The van der Waals surface area contributed by atoms with Crippen LogP contribution in [-0.2, 0) is 0 Å². The van der Waals surface area contributed by atoms with E-state index in [9.17, 15) is 4.79 Å². The molecule has 1 aromatic heterocycles. The number of rotatable bonds is 6. The van der Waals surface area contributed by atoms with Gasteiger partial charge in [-0.3, -0.25) is 9.69 Å². The average Bonchev–Trinajstić information content (AvgIpc) is 3.21. The fourth-order valence-corrected chi connectivity index (χ4v) is 4.95. The molecule has 8 heteroatoms. The molecule has 30 heavy (non-hydrogen) atoms. The predicted molar refractivity (Wildman–Crippen MR) is 123 cm³/mol. The standard InChI is InChI=1S/C22H25ClN4O2S/c1-15-7-8-18(29-2)19-20(15)30-22(25-19)27-13-11-26(12-14-27)10-9-24-21(28)16-5-3-4-6-17(16)23/h3-8H,9-14H2,1-2H3,(H,24,28). The molecule has 2 heterocycles. The molecule has 1 fully saturated rings. The highest BCUT2D eigenvalue weighted by atomic mass is 35.5. The summed E-state index contributed by atoms with van der Waals surface area (Å²) in [4.78, 5) is 21.8. The van der Waals surface area contributed by atoms with Gasteiger partial charge in [0.05, 0.1) is 22.4 Å². The van der Waals surface area contributed by atoms with E-state index in [1.165, 1.54) is 10.3 Å². The molecule has 0 atom stereocenters. The predicted octanol–water partition coefficient (Wildman–Crippen LogP) is 3.82. The summed E-state index contributed by atoms with van der Waals surface area (Å²) in [5, 5.41) is 4.49. The van der Waals surface area contributed by atoms with Gasteiger partial charge in [-0.2, -0.15) is 0 Å². The molecule has 0 unspecified atom stereocenters. The van der Waals surface area contributed by atoms with Crippen LogP contribution >= 0.6 is 22.9 Å². The Labute approximate surface area is 185 Å². The van der Waals surface area contributed by atoms with Crippen LogP contribution in [0.15, 0.2) is 36.4 Å². The third-order valence-corrected chi connectivity index (χ3v) is 6.97. The van der Waals surface area contributed by atoms with Crippen molar-refractivity contribution in [1.82, 2.24) is 15.2 Å². The first-order valence-electron chi connectivity index (χ1n) is 10.0. The Morgan fingerprint density at radius 3 is 2.70 bits per heavy atom. The Morgan fingerprint density at radius 2 is 1.97 bits per heavy atom. The number of aromatic nitrogens is 1. The number of amides is 1. The Kier molecular flexibility index (Phi) is 6.41. The molecule has 2 aromatic carbocycles. The largest absolute Gasteiger partial charge is 0.494 e. The molecule has 0 spiro atoms. The number of piperazine rings is 1. The van der Waals surface area contributed by atoms with E-state index in [1.807, 2.05) is 18.2 Å². The van der Waals surface area contributed by atoms with Gasteiger partial charge in [0.15, 0.2) is 5.13 Å². The van der Waals surface area contributed by atoms with E-state index in [-0.39, 0.29) is 5.91 Å². The monoisotopic (exact) mass is 444 g/mol. The lowest BCUT2D eigenvalue weighted by atomic mass is 10.2. The summed E-state index contributed by atoms with van der Waals surface area (Å²) >= 11 is 7.82. The van der Waals surface area contributed by atoms with Crippen LogP contribution in [0, 0.1) is 6.92 Å². The number of aryl methyl sites for hydroxylation is 1. The quantitative estimate of drug-likeness (QED) is 0.626. The van der Waals surface area contributed by atoms with Gasteiger partial charge in [0.25, 0.3) is 5.91 Å². The van der Waals surface area contributed by atoms with Gasteiger partial charge in [-0.05, 0) is 30.7 Å². The van der Waals surface area contributed by atoms with Gasteiger partial charge >= 0.3 is 0 Å². The van der Waals surface area contributed by atoms with Crippen LogP contribution in [0.4, 0.5) is 5.13 Å². The maximum Gasteiger partial charge on any atom is 0.252 e. The van der Waals surface area contributed by atoms with Crippen molar-refractivity contribution >= 4 is 44.2 Å². The van der Waals surface area contributed by atoms with Gasteiger partial charge in [0.2, 0.25) is 0 Å². The maximum absolute atomic E-state index is 12.3. The fourth-order valence-electron chi connectivity index (χ4n) is 3.63. The lowest BCUT2D eigenvalue weighted by Gasteiger charge is -2.34. The number of hydrogen-bond donors (Lipinski definition) is 1. The highest BCUT2D eigenvalue weighted by molar-refractivity contribution is 7.22. The van der Waals surface area contributed by atoms with E-state index in [0.717, 1.165) is 49.1 Å². The average molecular weight is 445 g/mol. The second kappa shape index (κ2) is 9.20. The van der Waals surface area contributed by atoms with Crippen LogP contribution in [0.2, 0.25) is 5.02 Å². The second-order valence-electron chi connectivity index (χ2n) is 7.32. The maximum atomic E-state index is 12.3. The molecule has 1 aliphatic rings. The van der Waals surface area contributed by atoms with Gasteiger partial charge in [0, 0.05) is 39.3 Å². The van der Waals surface area contributed by atoms with E-state index in [4.69, 9.17) is 21.3 Å². The molecule has 4 rings (SSSR count). The number of fused-ring (bicyclic) bond motifs is 1. The second-order valence-corrected chi connectivity index (χ2v) is 8.71. The lowest BCUT2D eigenvalue weighted by Crippen LogP contribution is -2.48. The minimum Gasteiger partial charge on any atom is -0.494 e. The van der Waals surface area contributed by atoms with E-state index in [2.05, 4.69) is 28.1 Å². The van der Waals surface area contributed by atoms with E-state index in [1.54, 1.807) is 30.6 Å². The third-order valence-electron chi connectivity index (χ3n) is 5.39. The van der Waals surface area contributed by atoms with Gasteiger partial charge in [-0.15, -0.1) is 0 Å². The number of carbonyl (C=O) groups excluding carboxylic acids is 1. The molecular formula is C22H25ClN4O2S. The summed E-state index contributed by atoms with van der Waals surface area (Å²) in [6, 6.07) is 11.2. The molecule has 0 aliphatic carbocycles. The highest BCUT2D eigenvalue weighted by Crippen LogP contribution is 2.36. The van der Waals surface area contributed by atoms with Gasteiger partial charge in [0.1, 0.15) is 11.3 Å². The van der Waals surface area contributed by atoms with Crippen molar-refractivity contribution in [3.63, 3.8) is 0 Å². The summed E-state index contributed by atoms with van der Waals surface area (Å²) in [5.41, 5.74) is 2.69. The fraction of sp³-hybridized carbons (Fsp3) is 0.364. The summed E-state index contributed by atoms with van der Waals surface area (Å²) in [7, 11) is 1.69. The van der Waals surface area contributed by atoms with Gasteiger partial charge < -0.3 is 15.0 Å². The molecule has 158 valence electrons. The zero-order valence-corrected chi connectivity index (χ0v) is 18.7. The molecule has 1 aliphatic heterocycles. The smallest absolute Gasteiger partial charge is 0.252 e. The van der Waals surface area contributed by atoms with Crippen molar-refractivity contribution in [1.29, 1.82) is 0 Å². The molecule has 6 nitrogen and oxygen atoms in total. The summed E-state index contributed by atoms with van der Waals surface area (Å²) in [5.74, 6) is 0.698. The Morgan fingerprint density at radius 1 is 1.20 bits per heavy atom. The third kappa shape index (κ3) is 4.38. The van der Waals surface area contributed by atoms with Crippen LogP contribution in [0.25, 0.3) is 10.2 Å². The van der Waals surface area contributed by atoms with Crippen molar-refractivity contribution < 1.29 is 9.53 Å². The number of nitrogens with one attached hydrogen (secondary N) is 1. The number of anilines is 1. The Bertz CT molecular complexity index is 1050. The molecule has 0 bridgehead atoms. The van der Waals surface area contributed by atoms with Crippen molar-refractivity contribution in [2.75, 3.05) is 51.3 Å². The molecule has 1 amide bonds. The number of halogens is 1. The first kappa shape index (κ1) is 20.9. The van der Waals surface area contributed by atoms with Crippen LogP contribution < -0.4 is 15.0 Å². The zero-order chi connectivity index (χ0) is 21.1. The van der Waals surface area contributed by atoms with Crippen molar-refractivity contribution in [3.8, 4) is 5.75 Å². The van der Waals surface area contributed by atoms with Crippen molar-refractivity contribution in [2.24, 2.45) is 0 Å². The number of nitrogens with zero attached hydrogens (tertiary/aromatic N) is 3. The van der Waals surface area contributed by atoms with E-state index in [0.29, 0.717) is 17.1 Å². The first-order valence-corrected chi connectivity index (χ1v) is 11.2. The number of benzene rings is 2. The van der Waals surface area contributed by atoms with Crippen molar-refractivity contribution in [2.45, 2.75) is 6.92 Å². The minimum absolute atomic E-state index is 0.127. The Hall–Kier alpha value is -2.35. The van der Waals surface area contributed by atoms with E-state index >= 15 is 0 Å². The SMILES string of the molecule is COc1ccc(C)c2sc(N3CCN(CCNC(=O)c4ccccc4Cl)CC3)nc12. The normalized spacial score (nSPS) is 14.8. The summed E-state index contributed by atoms with van der Waals surface area (Å²) in [6.07, 6.45) is 0. The lowest BCUT2D eigenvalue weighted by molar-refractivity contribution is 0.0948. The molecule has 3 aromatic rings. The molecule has 0 saturated carbocycles. The highest BCUT2D eigenvalue weighted by Gasteiger charge is 2.21. The van der Waals surface area contributed by atoms with Crippen LogP contribution in [0.1, 0.15) is 15.9 Å². The number of ether oxygens (including phenoxy) is 1. The number of carbonyl (C=O) groups is 1. The van der Waals surface area contributed by atoms with Crippen molar-refractivity contribution in [3.05, 3.63) is 52.5 Å². The zero-order valence-electron chi connectivity index (χ0n) is 17.2. The summed E-state index contributed by atoms with van der Waals surface area (Å²) in [6.45, 7) is 7.23. The molecule has 0 radical (unpaired) electrons. The van der Waals surface area contributed by atoms with Gasteiger partial charge in [-0.25, -0.2) is 4.98 Å². The van der Waals surface area contributed by atoms with Crippen LogP contribution in [-0.4, -0.2) is 62.2 Å². The molecular weight excluding hydrogens is 420 g/mol. The topological polar surface area (TPSA) is 57.7 Å². The Balaban J connectivity index is 1.30. The number of thiazole rings is 1. The van der Waals surface area contributed by atoms with Crippen LogP contribution in [0.3, 0.4) is 0 Å². The van der Waals surface area contributed by atoms with Gasteiger partial charge in [-0.1, -0.05) is 41.1 Å². The minimum atomic E-state index is -0.127. The van der Waals surface area contributed by atoms with E-state index < -0.39 is 0 Å². The number of methoxy groups -OCH3 is 1.